The van der Waals surface area contributed by atoms with Crippen LogP contribution in [0.25, 0.3) is 0 Å². The smallest absolute Gasteiger partial charge is 0.246 e. The van der Waals surface area contributed by atoms with Gasteiger partial charge in [0.25, 0.3) is 0 Å². The maximum atomic E-state index is 12.5. The number of rotatable bonds is 6. The van der Waals surface area contributed by atoms with Gasteiger partial charge in [0.1, 0.15) is 10.6 Å². The number of sulfonamides is 1. The first kappa shape index (κ1) is 20.7. The molecule has 0 saturated heterocycles. The summed E-state index contributed by atoms with van der Waals surface area (Å²) in [5.41, 5.74) is 0.893. The molecule has 1 aromatic heterocycles. The molecular formula is C16H19Cl2N3O4S. The van der Waals surface area contributed by atoms with E-state index in [0.29, 0.717) is 15.6 Å². The van der Waals surface area contributed by atoms with Crippen molar-refractivity contribution in [3.63, 3.8) is 0 Å². The first-order valence-corrected chi connectivity index (χ1v) is 9.91. The van der Waals surface area contributed by atoms with E-state index in [9.17, 15) is 13.2 Å². The number of aromatic nitrogens is 1. The normalized spacial score (nSPS) is 12.8. The predicted octanol–water partition coefficient (Wildman–Crippen LogP) is 2.92. The number of nitrogens with zero attached hydrogens (tertiary/aromatic N) is 2. The molecule has 142 valence electrons. The zero-order valence-electron chi connectivity index (χ0n) is 14.7. The number of nitrogens with one attached hydrogen (secondary N) is 1. The molecule has 0 aliphatic heterocycles. The van der Waals surface area contributed by atoms with Gasteiger partial charge in [-0.1, -0.05) is 40.5 Å². The molecule has 0 aliphatic rings. The monoisotopic (exact) mass is 419 g/mol. The highest BCUT2D eigenvalue weighted by molar-refractivity contribution is 7.89. The zero-order chi connectivity index (χ0) is 19.6. The largest absolute Gasteiger partial charge is 0.360 e. The predicted molar refractivity (Wildman–Crippen MR) is 98.7 cm³/mol. The molecule has 0 unspecified atom stereocenters. The lowest BCUT2D eigenvalue weighted by Gasteiger charge is -2.22. The van der Waals surface area contributed by atoms with Crippen LogP contribution in [-0.4, -0.2) is 37.5 Å². The highest BCUT2D eigenvalue weighted by atomic mass is 35.5. The molecule has 0 fully saturated rings. The summed E-state index contributed by atoms with van der Waals surface area (Å²) in [5.74, 6) is -0.259. The molecule has 1 amide bonds. The van der Waals surface area contributed by atoms with E-state index in [1.807, 2.05) is 0 Å². The number of amides is 1. The van der Waals surface area contributed by atoms with E-state index in [2.05, 4.69) is 9.88 Å². The second-order valence-electron chi connectivity index (χ2n) is 5.90. The van der Waals surface area contributed by atoms with Crippen molar-refractivity contribution in [2.24, 2.45) is 0 Å². The Balaban J connectivity index is 2.13. The third kappa shape index (κ3) is 4.37. The summed E-state index contributed by atoms with van der Waals surface area (Å²) < 4.78 is 32.3. The molecule has 0 bridgehead atoms. The minimum atomic E-state index is -3.94. The molecule has 26 heavy (non-hydrogen) atoms. The van der Waals surface area contributed by atoms with Gasteiger partial charge in [0.2, 0.25) is 15.9 Å². The molecule has 0 radical (unpaired) electrons. The van der Waals surface area contributed by atoms with Crippen LogP contribution in [0.15, 0.2) is 27.6 Å². The number of hydrogen-bond acceptors (Lipinski definition) is 5. The molecular weight excluding hydrogens is 401 g/mol. The van der Waals surface area contributed by atoms with Gasteiger partial charge in [-0.3, -0.25) is 4.79 Å². The van der Waals surface area contributed by atoms with Crippen molar-refractivity contribution in [3.05, 3.63) is 45.3 Å². The molecule has 1 aromatic carbocycles. The van der Waals surface area contributed by atoms with E-state index in [-0.39, 0.29) is 22.9 Å². The Hall–Kier alpha value is -1.61. The molecule has 1 atom stereocenters. The third-order valence-corrected chi connectivity index (χ3v) is 6.40. The molecule has 1 N–H and O–H groups in total. The molecule has 1 heterocycles. The number of carbonyl (C=O) groups is 1. The number of carbonyl (C=O) groups excluding carboxylic acids is 1. The lowest BCUT2D eigenvalue weighted by atomic mass is 10.2. The highest BCUT2D eigenvalue weighted by Crippen LogP contribution is 2.26. The standard InChI is InChI=1S/C16H19Cl2N3O4S/c1-9-15(11(3)25-19-9)26(23,24)20-10(2)16(22)21(4)8-12-6-5-7-13(17)14(12)18/h5-7,10,20H,8H2,1-4H3/t10-/m0/s1. The first-order valence-electron chi connectivity index (χ1n) is 7.67. The lowest BCUT2D eigenvalue weighted by molar-refractivity contribution is -0.131. The molecule has 0 spiro atoms. The van der Waals surface area contributed by atoms with Crippen LogP contribution in [0.3, 0.4) is 0 Å². The minimum Gasteiger partial charge on any atom is -0.360 e. The summed E-state index contributed by atoms with van der Waals surface area (Å²) in [6.45, 7) is 4.67. The Labute approximate surface area is 162 Å². The average Bonchev–Trinajstić information content (AvgIpc) is 2.90. The van der Waals surface area contributed by atoms with Crippen LogP contribution in [0.2, 0.25) is 10.0 Å². The third-order valence-electron chi connectivity index (χ3n) is 3.75. The molecule has 10 heteroatoms. The Morgan fingerprint density at radius 1 is 1.35 bits per heavy atom. The van der Waals surface area contributed by atoms with E-state index >= 15 is 0 Å². The number of likely N-dealkylation sites (N-methyl/N-ethyl adjacent to an activating group) is 1. The summed E-state index contributed by atoms with van der Waals surface area (Å²) in [4.78, 5) is 13.9. The fourth-order valence-electron chi connectivity index (χ4n) is 2.53. The van der Waals surface area contributed by atoms with Crippen LogP contribution < -0.4 is 4.72 Å². The van der Waals surface area contributed by atoms with Crippen LogP contribution in [0.5, 0.6) is 0 Å². The van der Waals surface area contributed by atoms with Crippen molar-refractivity contribution < 1.29 is 17.7 Å². The fourth-order valence-corrected chi connectivity index (χ4v) is 4.44. The van der Waals surface area contributed by atoms with E-state index in [0.717, 1.165) is 0 Å². The van der Waals surface area contributed by atoms with Gasteiger partial charge in [-0.05, 0) is 32.4 Å². The summed E-state index contributed by atoms with van der Waals surface area (Å²) in [5, 5.41) is 4.37. The van der Waals surface area contributed by atoms with Crippen LogP contribution in [0, 0.1) is 13.8 Å². The van der Waals surface area contributed by atoms with Gasteiger partial charge in [0.15, 0.2) is 5.76 Å². The van der Waals surface area contributed by atoms with E-state index in [4.69, 9.17) is 27.7 Å². The minimum absolute atomic E-state index is 0.0577. The first-order chi connectivity index (χ1) is 12.0. The van der Waals surface area contributed by atoms with E-state index in [1.54, 1.807) is 25.2 Å². The van der Waals surface area contributed by atoms with Crippen LogP contribution in [-0.2, 0) is 21.4 Å². The van der Waals surface area contributed by atoms with Crippen molar-refractivity contribution >= 4 is 39.1 Å². The Morgan fingerprint density at radius 3 is 2.58 bits per heavy atom. The summed E-state index contributed by atoms with van der Waals surface area (Å²) in [6.07, 6.45) is 0. The van der Waals surface area contributed by atoms with Crippen LogP contribution >= 0.6 is 23.2 Å². The molecule has 0 saturated carbocycles. The fraction of sp³-hybridized carbons (Fsp3) is 0.375. The maximum absolute atomic E-state index is 12.5. The van der Waals surface area contributed by atoms with Crippen molar-refractivity contribution in [1.82, 2.24) is 14.8 Å². The number of hydrogen-bond donors (Lipinski definition) is 1. The number of halogens is 2. The summed E-state index contributed by atoms with van der Waals surface area (Å²) in [7, 11) is -2.39. The van der Waals surface area contributed by atoms with Gasteiger partial charge < -0.3 is 9.42 Å². The van der Waals surface area contributed by atoms with Crippen molar-refractivity contribution in [3.8, 4) is 0 Å². The summed E-state index contributed by atoms with van der Waals surface area (Å²) >= 11 is 12.1. The van der Waals surface area contributed by atoms with Crippen molar-refractivity contribution in [2.45, 2.75) is 38.3 Å². The Kier molecular flexibility index (Phi) is 6.33. The number of benzene rings is 1. The van der Waals surface area contributed by atoms with E-state index in [1.165, 1.54) is 25.7 Å². The highest BCUT2D eigenvalue weighted by Gasteiger charge is 2.29. The van der Waals surface area contributed by atoms with Gasteiger partial charge in [-0.2, -0.15) is 4.72 Å². The molecule has 7 nitrogen and oxygen atoms in total. The number of aryl methyl sites for hydroxylation is 2. The second-order valence-corrected chi connectivity index (χ2v) is 8.34. The quantitative estimate of drug-likeness (QED) is 0.776. The van der Waals surface area contributed by atoms with Crippen molar-refractivity contribution in [1.29, 1.82) is 0 Å². The lowest BCUT2D eigenvalue weighted by Crippen LogP contribution is -2.45. The Morgan fingerprint density at radius 2 is 2.00 bits per heavy atom. The van der Waals surface area contributed by atoms with E-state index < -0.39 is 22.0 Å². The average molecular weight is 420 g/mol. The summed E-state index contributed by atoms with van der Waals surface area (Å²) in [6, 6.07) is 4.13. The van der Waals surface area contributed by atoms with Crippen molar-refractivity contribution in [2.75, 3.05) is 7.05 Å². The molecule has 2 aromatic rings. The Bertz CT molecular complexity index is 908. The van der Waals surface area contributed by atoms with Gasteiger partial charge >= 0.3 is 0 Å². The van der Waals surface area contributed by atoms with Crippen LogP contribution in [0.1, 0.15) is 23.9 Å². The zero-order valence-corrected chi connectivity index (χ0v) is 17.0. The topological polar surface area (TPSA) is 92.5 Å². The van der Waals surface area contributed by atoms with Gasteiger partial charge in [-0.25, -0.2) is 8.42 Å². The molecule has 2 rings (SSSR count). The molecule has 0 aliphatic carbocycles. The SMILES string of the molecule is Cc1noc(C)c1S(=O)(=O)N[C@@H](C)C(=O)N(C)Cc1cccc(Cl)c1Cl. The van der Waals surface area contributed by atoms with Gasteiger partial charge in [-0.15, -0.1) is 0 Å². The second kappa shape index (κ2) is 7.96. The van der Waals surface area contributed by atoms with Crippen LogP contribution in [0.4, 0.5) is 0 Å². The van der Waals surface area contributed by atoms with Gasteiger partial charge in [0, 0.05) is 13.6 Å². The maximum Gasteiger partial charge on any atom is 0.246 e. The van der Waals surface area contributed by atoms with Gasteiger partial charge in [0.05, 0.1) is 16.1 Å².